The lowest BCUT2D eigenvalue weighted by atomic mass is 10.1. The largest absolute Gasteiger partial charge is 0.469 e. The maximum atomic E-state index is 10.9. The smallest absolute Gasteiger partial charge is 0.305 e. The number of carbonyl (C=O) groups is 1. The van der Waals surface area contributed by atoms with E-state index in [0.29, 0.717) is 12.8 Å². The third-order valence-electron chi connectivity index (χ3n) is 3.26. The molecule has 0 fully saturated rings. The van der Waals surface area contributed by atoms with Gasteiger partial charge in [0.2, 0.25) is 0 Å². The van der Waals surface area contributed by atoms with Crippen molar-refractivity contribution in [3.63, 3.8) is 0 Å². The zero-order valence-corrected chi connectivity index (χ0v) is 15.1. The Balaban J connectivity index is 3.32. The molecule has 0 aromatic carbocycles. The third kappa shape index (κ3) is 17.1. The zero-order chi connectivity index (χ0) is 16.3. The predicted molar refractivity (Wildman–Crippen MR) is 98.4 cm³/mol. The zero-order valence-electron chi connectivity index (χ0n) is 14.3. The Kier molecular flexibility index (Phi) is 17.4. The first-order valence-corrected chi connectivity index (χ1v) is 9.65. The van der Waals surface area contributed by atoms with E-state index in [4.69, 9.17) is 0 Å². The molecule has 0 bridgehead atoms. The van der Waals surface area contributed by atoms with Crippen molar-refractivity contribution in [2.75, 3.05) is 18.6 Å². The van der Waals surface area contributed by atoms with Gasteiger partial charge in [0.25, 0.3) is 0 Å². The van der Waals surface area contributed by atoms with E-state index in [1.165, 1.54) is 52.1 Å². The van der Waals surface area contributed by atoms with Crippen molar-refractivity contribution in [2.45, 2.75) is 64.7 Å². The molecule has 0 heterocycles. The average Bonchev–Trinajstić information content (AvgIpc) is 2.54. The quantitative estimate of drug-likeness (QED) is 0.178. The molecule has 3 heteroatoms. The van der Waals surface area contributed by atoms with Crippen LogP contribution in [0, 0.1) is 0 Å². The Morgan fingerprint density at radius 3 is 2.55 bits per heavy atom. The van der Waals surface area contributed by atoms with Gasteiger partial charge in [0.15, 0.2) is 0 Å². The highest BCUT2D eigenvalue weighted by atomic mass is 32.2. The normalized spacial score (nSPS) is 10.5. The standard InChI is InChI=1S/C19H32O2S/c1-3-4-5-6-7-8-9-11-14-17-22-18-15-12-10-13-16-19(20)21-2/h10-11,14-15H,3-9,13,16-18H2,1-2H3/b14-11-. The van der Waals surface area contributed by atoms with Crippen LogP contribution in [0.5, 0.6) is 0 Å². The SMILES string of the molecule is CCCCCCCC/C=C\CSCC=C=CCCC(=O)OC. The molecule has 126 valence electrons. The first kappa shape index (κ1) is 21.1. The van der Waals surface area contributed by atoms with Gasteiger partial charge in [0, 0.05) is 17.9 Å². The van der Waals surface area contributed by atoms with Crippen molar-refractivity contribution in [3.8, 4) is 0 Å². The molecule has 0 spiro atoms. The fourth-order valence-electron chi connectivity index (χ4n) is 1.93. The number of unbranched alkanes of at least 4 members (excludes halogenated alkanes) is 6. The fraction of sp³-hybridized carbons (Fsp3) is 0.684. The van der Waals surface area contributed by atoms with Crippen molar-refractivity contribution in [2.24, 2.45) is 0 Å². The number of methoxy groups -OCH3 is 1. The lowest BCUT2D eigenvalue weighted by Crippen LogP contribution is -1.97. The van der Waals surface area contributed by atoms with Crippen LogP contribution in [0.3, 0.4) is 0 Å². The molecule has 2 nitrogen and oxygen atoms in total. The Morgan fingerprint density at radius 1 is 1.00 bits per heavy atom. The second-order valence-corrected chi connectivity index (χ2v) is 6.33. The van der Waals surface area contributed by atoms with Gasteiger partial charge in [-0.05, 0) is 31.4 Å². The Labute approximate surface area is 141 Å². The number of carbonyl (C=O) groups excluding carboxylic acids is 1. The average molecular weight is 325 g/mol. The maximum Gasteiger partial charge on any atom is 0.305 e. The van der Waals surface area contributed by atoms with E-state index >= 15 is 0 Å². The molecule has 22 heavy (non-hydrogen) atoms. The van der Waals surface area contributed by atoms with E-state index in [2.05, 4.69) is 29.5 Å². The lowest BCUT2D eigenvalue weighted by molar-refractivity contribution is -0.140. The minimum Gasteiger partial charge on any atom is -0.469 e. The first-order valence-electron chi connectivity index (χ1n) is 8.50. The number of esters is 1. The van der Waals surface area contributed by atoms with Gasteiger partial charge in [-0.1, -0.05) is 51.2 Å². The van der Waals surface area contributed by atoms with Crippen LogP contribution < -0.4 is 0 Å². The van der Waals surface area contributed by atoms with Gasteiger partial charge in [0.05, 0.1) is 7.11 Å². The van der Waals surface area contributed by atoms with Crippen LogP contribution in [0.1, 0.15) is 64.7 Å². The van der Waals surface area contributed by atoms with Gasteiger partial charge in [-0.15, -0.1) is 5.73 Å². The molecule has 0 atom stereocenters. The summed E-state index contributed by atoms with van der Waals surface area (Å²) in [5.74, 6) is 1.87. The topological polar surface area (TPSA) is 26.3 Å². The molecule has 0 unspecified atom stereocenters. The molecule has 0 aliphatic heterocycles. The summed E-state index contributed by atoms with van der Waals surface area (Å²) in [6.07, 6.45) is 19.0. The Bertz CT molecular complexity index is 341. The number of ether oxygens (including phenoxy) is 1. The van der Waals surface area contributed by atoms with Crippen molar-refractivity contribution < 1.29 is 9.53 Å². The molecule has 0 aromatic rings. The highest BCUT2D eigenvalue weighted by Crippen LogP contribution is 2.08. The molecule has 0 radical (unpaired) electrons. The fourth-order valence-corrected chi connectivity index (χ4v) is 2.55. The number of hydrogen-bond donors (Lipinski definition) is 0. The lowest BCUT2D eigenvalue weighted by Gasteiger charge is -1.97. The number of hydrogen-bond acceptors (Lipinski definition) is 3. The predicted octanol–water partition coefficient (Wildman–Crippen LogP) is 5.69. The monoisotopic (exact) mass is 324 g/mol. The van der Waals surface area contributed by atoms with Gasteiger partial charge < -0.3 is 4.74 Å². The van der Waals surface area contributed by atoms with Crippen molar-refractivity contribution in [1.82, 2.24) is 0 Å². The molecular weight excluding hydrogens is 292 g/mol. The van der Waals surface area contributed by atoms with Gasteiger partial charge >= 0.3 is 5.97 Å². The van der Waals surface area contributed by atoms with Crippen LogP contribution in [-0.4, -0.2) is 24.6 Å². The van der Waals surface area contributed by atoms with Crippen LogP contribution in [0.25, 0.3) is 0 Å². The minimum atomic E-state index is -0.164. The van der Waals surface area contributed by atoms with E-state index < -0.39 is 0 Å². The van der Waals surface area contributed by atoms with Gasteiger partial charge in [-0.2, -0.15) is 11.8 Å². The van der Waals surface area contributed by atoms with Crippen LogP contribution in [0.15, 0.2) is 30.0 Å². The van der Waals surface area contributed by atoms with Crippen molar-refractivity contribution in [1.29, 1.82) is 0 Å². The molecule has 0 saturated carbocycles. The molecular formula is C19H32O2S. The summed E-state index contributed by atoms with van der Waals surface area (Å²) in [5.41, 5.74) is 3.10. The minimum absolute atomic E-state index is 0.164. The molecule has 0 amide bonds. The van der Waals surface area contributed by atoms with Crippen LogP contribution in [0.2, 0.25) is 0 Å². The van der Waals surface area contributed by atoms with Crippen LogP contribution in [-0.2, 0) is 9.53 Å². The van der Waals surface area contributed by atoms with Gasteiger partial charge in [0.1, 0.15) is 0 Å². The second kappa shape index (κ2) is 18.1. The number of thioether (sulfide) groups is 1. The molecule has 0 N–H and O–H groups in total. The van der Waals surface area contributed by atoms with E-state index in [0.717, 1.165) is 11.5 Å². The number of allylic oxidation sites excluding steroid dienone is 1. The van der Waals surface area contributed by atoms with Gasteiger partial charge in [-0.25, -0.2) is 0 Å². The molecule has 0 rings (SSSR count). The third-order valence-corrected chi connectivity index (χ3v) is 4.09. The molecule has 0 aliphatic carbocycles. The maximum absolute atomic E-state index is 10.9. The second-order valence-electron chi connectivity index (χ2n) is 5.26. The molecule has 0 aromatic heterocycles. The first-order chi connectivity index (χ1) is 10.8. The summed E-state index contributed by atoms with van der Waals surface area (Å²) in [6, 6.07) is 0. The van der Waals surface area contributed by atoms with Crippen LogP contribution >= 0.6 is 11.8 Å². The Hall–Kier alpha value is -0.920. The Morgan fingerprint density at radius 2 is 1.77 bits per heavy atom. The van der Waals surface area contributed by atoms with E-state index in [-0.39, 0.29) is 5.97 Å². The van der Waals surface area contributed by atoms with Crippen LogP contribution in [0.4, 0.5) is 0 Å². The summed E-state index contributed by atoms with van der Waals surface area (Å²) in [6.45, 7) is 2.26. The van der Waals surface area contributed by atoms with E-state index in [1.54, 1.807) is 0 Å². The van der Waals surface area contributed by atoms with E-state index in [1.807, 2.05) is 23.9 Å². The summed E-state index contributed by atoms with van der Waals surface area (Å²) in [5, 5.41) is 0. The highest BCUT2D eigenvalue weighted by Gasteiger charge is 1.94. The summed E-state index contributed by atoms with van der Waals surface area (Å²) >= 11 is 1.88. The highest BCUT2D eigenvalue weighted by molar-refractivity contribution is 7.99. The summed E-state index contributed by atoms with van der Waals surface area (Å²) in [4.78, 5) is 10.9. The van der Waals surface area contributed by atoms with E-state index in [9.17, 15) is 4.79 Å². The van der Waals surface area contributed by atoms with Gasteiger partial charge in [-0.3, -0.25) is 4.79 Å². The molecule has 0 saturated heterocycles. The molecule has 0 aliphatic rings. The number of rotatable bonds is 14. The van der Waals surface area contributed by atoms with Crippen molar-refractivity contribution in [3.05, 3.63) is 30.0 Å². The van der Waals surface area contributed by atoms with Crippen molar-refractivity contribution >= 4 is 17.7 Å². The summed E-state index contributed by atoms with van der Waals surface area (Å²) < 4.78 is 4.57. The summed E-state index contributed by atoms with van der Waals surface area (Å²) in [7, 11) is 1.42.